The first-order valence-electron chi connectivity index (χ1n) is 6.46. The summed E-state index contributed by atoms with van der Waals surface area (Å²) in [4.78, 5) is 0. The van der Waals surface area contributed by atoms with Crippen molar-refractivity contribution in [1.82, 2.24) is 5.32 Å². The van der Waals surface area contributed by atoms with Crippen LogP contribution < -0.4 is 5.32 Å². The first-order valence-corrected chi connectivity index (χ1v) is 6.46. The van der Waals surface area contributed by atoms with Crippen LogP contribution in [-0.2, 0) is 5.54 Å². The fourth-order valence-corrected chi connectivity index (χ4v) is 3.33. The Morgan fingerprint density at radius 2 is 2.00 bits per heavy atom. The molecule has 1 aliphatic carbocycles. The molecule has 2 atom stereocenters. The zero-order chi connectivity index (χ0) is 11.6. The number of benzene rings is 1. The highest BCUT2D eigenvalue weighted by molar-refractivity contribution is 5.34. The predicted octanol–water partition coefficient (Wildman–Crippen LogP) is 3.62. The molecule has 1 aromatic carbocycles. The molecule has 1 nitrogen and oxygen atoms in total. The summed E-state index contributed by atoms with van der Waals surface area (Å²) >= 11 is 0. The second-order valence-electron chi connectivity index (χ2n) is 5.18. The molecule has 1 unspecified atom stereocenters. The predicted molar refractivity (Wildman–Crippen MR) is 69.5 cm³/mol. The maximum Gasteiger partial charge on any atom is 0.0460 e. The molecule has 0 saturated heterocycles. The van der Waals surface area contributed by atoms with Crippen LogP contribution in [0, 0.1) is 12.8 Å². The van der Waals surface area contributed by atoms with E-state index in [4.69, 9.17) is 0 Å². The van der Waals surface area contributed by atoms with Gasteiger partial charge in [0.05, 0.1) is 0 Å². The molecule has 1 N–H and O–H groups in total. The smallest absolute Gasteiger partial charge is 0.0460 e. The lowest BCUT2D eigenvalue weighted by molar-refractivity contribution is 0.165. The second kappa shape index (κ2) is 4.58. The minimum absolute atomic E-state index is 0.212. The third kappa shape index (κ3) is 1.78. The van der Waals surface area contributed by atoms with Gasteiger partial charge in [-0.05, 0) is 43.9 Å². The number of aryl methyl sites for hydroxylation is 1. The molecule has 16 heavy (non-hydrogen) atoms. The Morgan fingerprint density at radius 3 is 2.62 bits per heavy atom. The molecule has 1 heteroatoms. The second-order valence-corrected chi connectivity index (χ2v) is 5.18. The Balaban J connectivity index is 2.44. The average molecular weight is 217 g/mol. The van der Waals surface area contributed by atoms with Crippen LogP contribution in [0.5, 0.6) is 0 Å². The molecule has 0 aliphatic heterocycles. The van der Waals surface area contributed by atoms with Gasteiger partial charge in [0.2, 0.25) is 0 Å². The van der Waals surface area contributed by atoms with Crippen molar-refractivity contribution in [3.63, 3.8) is 0 Å². The van der Waals surface area contributed by atoms with Crippen LogP contribution in [0.15, 0.2) is 24.3 Å². The molecule has 1 aromatic rings. The molecule has 0 amide bonds. The summed E-state index contributed by atoms with van der Waals surface area (Å²) in [7, 11) is 2.12. The van der Waals surface area contributed by atoms with Gasteiger partial charge in [0.1, 0.15) is 0 Å². The van der Waals surface area contributed by atoms with Crippen LogP contribution in [0.2, 0.25) is 0 Å². The normalized spacial score (nSPS) is 30.3. The van der Waals surface area contributed by atoms with Crippen LogP contribution in [0.25, 0.3) is 0 Å². The summed E-state index contributed by atoms with van der Waals surface area (Å²) in [5.41, 5.74) is 3.14. The highest BCUT2D eigenvalue weighted by Crippen LogP contribution is 2.42. The Labute approximate surface area is 99.3 Å². The molecule has 1 saturated carbocycles. The zero-order valence-electron chi connectivity index (χ0n) is 10.7. The van der Waals surface area contributed by atoms with Crippen molar-refractivity contribution in [3.05, 3.63) is 35.4 Å². The van der Waals surface area contributed by atoms with Gasteiger partial charge in [-0.3, -0.25) is 0 Å². The van der Waals surface area contributed by atoms with E-state index in [0.717, 1.165) is 5.92 Å². The summed E-state index contributed by atoms with van der Waals surface area (Å²) in [6, 6.07) is 8.84. The van der Waals surface area contributed by atoms with Crippen molar-refractivity contribution in [3.8, 4) is 0 Å². The lowest BCUT2D eigenvalue weighted by Gasteiger charge is -2.44. The molecule has 0 heterocycles. The van der Waals surface area contributed by atoms with Crippen molar-refractivity contribution in [2.45, 2.75) is 45.1 Å². The third-order valence-corrected chi connectivity index (χ3v) is 4.37. The highest BCUT2D eigenvalue weighted by atomic mass is 15.0. The molecule has 2 rings (SSSR count). The van der Waals surface area contributed by atoms with Gasteiger partial charge in [-0.15, -0.1) is 0 Å². The fraction of sp³-hybridized carbons (Fsp3) is 0.600. The topological polar surface area (TPSA) is 12.0 Å². The van der Waals surface area contributed by atoms with Gasteiger partial charge < -0.3 is 5.32 Å². The molecular weight excluding hydrogens is 194 g/mol. The number of rotatable bonds is 2. The molecule has 0 radical (unpaired) electrons. The lowest BCUT2D eigenvalue weighted by atomic mass is 9.68. The maximum atomic E-state index is 3.62. The Kier molecular flexibility index (Phi) is 3.34. The monoisotopic (exact) mass is 217 g/mol. The molecule has 1 aliphatic rings. The Morgan fingerprint density at radius 1 is 1.25 bits per heavy atom. The van der Waals surface area contributed by atoms with Gasteiger partial charge in [-0.1, -0.05) is 44.0 Å². The first-order chi connectivity index (χ1) is 7.70. The largest absolute Gasteiger partial charge is 0.310 e. The van der Waals surface area contributed by atoms with E-state index < -0.39 is 0 Å². The third-order valence-electron chi connectivity index (χ3n) is 4.37. The fourth-order valence-electron chi connectivity index (χ4n) is 3.33. The van der Waals surface area contributed by atoms with Crippen molar-refractivity contribution in [2.75, 3.05) is 7.05 Å². The molecule has 0 aromatic heterocycles. The van der Waals surface area contributed by atoms with Gasteiger partial charge in [-0.2, -0.15) is 0 Å². The van der Waals surface area contributed by atoms with Crippen molar-refractivity contribution in [2.24, 2.45) is 5.92 Å². The Hall–Kier alpha value is -0.820. The molecule has 88 valence electrons. The van der Waals surface area contributed by atoms with E-state index in [1.54, 1.807) is 0 Å². The van der Waals surface area contributed by atoms with E-state index >= 15 is 0 Å². The van der Waals surface area contributed by atoms with E-state index in [2.05, 4.69) is 50.5 Å². The summed E-state index contributed by atoms with van der Waals surface area (Å²) in [5, 5.41) is 3.62. The standard InChI is InChI=1S/C15H23N/c1-12-8-4-5-10-14(12)15(16-3)11-7-6-9-13(15)2/h4-5,8,10,13,16H,6-7,9,11H2,1-3H3/t13?,15-/m1/s1. The van der Waals surface area contributed by atoms with E-state index in [1.807, 2.05) is 0 Å². The van der Waals surface area contributed by atoms with Crippen LogP contribution in [0.4, 0.5) is 0 Å². The number of nitrogens with one attached hydrogen (secondary N) is 1. The number of hydrogen-bond donors (Lipinski definition) is 1. The molecule has 0 spiro atoms. The lowest BCUT2D eigenvalue weighted by Crippen LogP contribution is -2.48. The van der Waals surface area contributed by atoms with Crippen LogP contribution in [0.1, 0.15) is 43.7 Å². The van der Waals surface area contributed by atoms with Crippen molar-refractivity contribution >= 4 is 0 Å². The quantitative estimate of drug-likeness (QED) is 0.798. The van der Waals surface area contributed by atoms with E-state index in [-0.39, 0.29) is 5.54 Å². The number of hydrogen-bond acceptors (Lipinski definition) is 1. The summed E-state index contributed by atoms with van der Waals surface area (Å²) < 4.78 is 0. The van der Waals surface area contributed by atoms with E-state index in [9.17, 15) is 0 Å². The molecule has 1 fully saturated rings. The van der Waals surface area contributed by atoms with Crippen LogP contribution in [0.3, 0.4) is 0 Å². The summed E-state index contributed by atoms with van der Waals surface area (Å²) in [5.74, 6) is 0.729. The minimum atomic E-state index is 0.212. The van der Waals surface area contributed by atoms with Gasteiger partial charge >= 0.3 is 0 Å². The van der Waals surface area contributed by atoms with Gasteiger partial charge in [-0.25, -0.2) is 0 Å². The molecule has 0 bridgehead atoms. The van der Waals surface area contributed by atoms with Crippen LogP contribution in [-0.4, -0.2) is 7.05 Å². The minimum Gasteiger partial charge on any atom is -0.310 e. The van der Waals surface area contributed by atoms with Crippen molar-refractivity contribution < 1.29 is 0 Å². The maximum absolute atomic E-state index is 3.62. The van der Waals surface area contributed by atoms with Crippen LogP contribution >= 0.6 is 0 Å². The average Bonchev–Trinajstić information content (AvgIpc) is 2.31. The SMILES string of the molecule is CN[C@]1(c2ccccc2C)CCCCC1C. The van der Waals surface area contributed by atoms with E-state index in [1.165, 1.54) is 36.8 Å². The van der Waals surface area contributed by atoms with Gasteiger partial charge in [0.25, 0.3) is 0 Å². The Bertz CT molecular complexity index is 358. The van der Waals surface area contributed by atoms with E-state index in [0.29, 0.717) is 0 Å². The highest BCUT2D eigenvalue weighted by Gasteiger charge is 2.38. The summed E-state index contributed by atoms with van der Waals surface area (Å²) in [6.07, 6.45) is 5.35. The van der Waals surface area contributed by atoms with Crippen molar-refractivity contribution in [1.29, 1.82) is 0 Å². The first kappa shape index (κ1) is 11.7. The zero-order valence-corrected chi connectivity index (χ0v) is 10.7. The molecular formula is C15H23N. The van der Waals surface area contributed by atoms with Gasteiger partial charge in [0.15, 0.2) is 0 Å². The van der Waals surface area contributed by atoms with Gasteiger partial charge in [0, 0.05) is 5.54 Å². The summed E-state index contributed by atoms with van der Waals surface area (Å²) in [6.45, 7) is 4.62.